The molecule has 1 aromatic heterocycles. The molecule has 0 fully saturated rings. The first-order chi connectivity index (χ1) is 12.2. The largest absolute Gasteiger partial charge is 0.434 e. The van der Waals surface area contributed by atoms with Gasteiger partial charge in [0, 0.05) is 11.1 Å². The van der Waals surface area contributed by atoms with E-state index in [0.717, 1.165) is 0 Å². The van der Waals surface area contributed by atoms with Gasteiger partial charge in [-0.05, 0) is 0 Å². The van der Waals surface area contributed by atoms with Crippen molar-refractivity contribution in [2.45, 2.75) is 12.4 Å². The summed E-state index contributed by atoms with van der Waals surface area (Å²) in [5, 5.41) is 0. The number of hydrogen-bond donors (Lipinski definition) is 0. The monoisotopic (exact) mass is 368 g/mol. The second-order valence-electron chi connectivity index (χ2n) is 5.35. The number of rotatable bonds is 2. The lowest BCUT2D eigenvalue weighted by Gasteiger charge is -2.19. The van der Waals surface area contributed by atoms with Crippen molar-refractivity contribution in [1.82, 2.24) is 9.97 Å². The maximum Gasteiger partial charge on any atom is 0.434 e. The standard InChI is InChI=1S/C18H10F6N2/c19-17(20,21)13-14(11-7-3-1-4-8-11)25-16(12-9-5-2-6-10-12)26-15(13)18(22,23)24/h1-10H. The van der Waals surface area contributed by atoms with E-state index < -0.39 is 35.1 Å². The molecule has 0 atom stereocenters. The van der Waals surface area contributed by atoms with Crippen molar-refractivity contribution in [1.29, 1.82) is 0 Å². The number of halogens is 6. The zero-order valence-corrected chi connectivity index (χ0v) is 12.9. The van der Waals surface area contributed by atoms with Crippen molar-refractivity contribution in [2.75, 3.05) is 0 Å². The topological polar surface area (TPSA) is 25.8 Å². The van der Waals surface area contributed by atoms with E-state index in [4.69, 9.17) is 0 Å². The molecule has 0 aliphatic rings. The second kappa shape index (κ2) is 6.44. The summed E-state index contributed by atoms with van der Waals surface area (Å²) in [5.74, 6) is -0.426. The molecule has 8 heteroatoms. The van der Waals surface area contributed by atoms with Gasteiger partial charge in [-0.1, -0.05) is 60.7 Å². The fourth-order valence-corrected chi connectivity index (χ4v) is 2.46. The van der Waals surface area contributed by atoms with Crippen LogP contribution in [0.4, 0.5) is 26.3 Å². The predicted molar refractivity (Wildman–Crippen MR) is 82.9 cm³/mol. The molecule has 134 valence electrons. The molecular weight excluding hydrogens is 358 g/mol. The van der Waals surface area contributed by atoms with Crippen LogP contribution in [0.25, 0.3) is 22.6 Å². The van der Waals surface area contributed by atoms with Gasteiger partial charge in [0.05, 0.1) is 5.69 Å². The molecule has 0 aliphatic carbocycles. The number of aromatic nitrogens is 2. The normalized spacial score (nSPS) is 12.2. The van der Waals surface area contributed by atoms with Crippen LogP contribution in [-0.2, 0) is 12.4 Å². The molecule has 0 spiro atoms. The quantitative estimate of drug-likeness (QED) is 0.531. The van der Waals surface area contributed by atoms with Gasteiger partial charge in [-0.25, -0.2) is 9.97 Å². The molecule has 0 bridgehead atoms. The van der Waals surface area contributed by atoms with E-state index in [1.54, 1.807) is 12.1 Å². The average Bonchev–Trinajstić information content (AvgIpc) is 2.60. The van der Waals surface area contributed by atoms with Crippen molar-refractivity contribution in [2.24, 2.45) is 0 Å². The van der Waals surface area contributed by atoms with Crippen LogP contribution in [0.2, 0.25) is 0 Å². The van der Waals surface area contributed by atoms with Crippen molar-refractivity contribution in [3.8, 4) is 22.6 Å². The fraction of sp³-hybridized carbons (Fsp3) is 0.111. The first kappa shape index (κ1) is 17.9. The van der Waals surface area contributed by atoms with Gasteiger partial charge in [0.1, 0.15) is 5.56 Å². The molecule has 3 aromatic rings. The summed E-state index contributed by atoms with van der Waals surface area (Å²) < 4.78 is 80.6. The minimum Gasteiger partial charge on any atom is -0.227 e. The average molecular weight is 368 g/mol. The van der Waals surface area contributed by atoms with Crippen LogP contribution in [0.1, 0.15) is 11.3 Å². The minimum absolute atomic E-state index is 0.0788. The lowest BCUT2D eigenvalue weighted by molar-refractivity contribution is -0.164. The fourth-order valence-electron chi connectivity index (χ4n) is 2.46. The molecule has 0 amide bonds. The Morgan fingerprint density at radius 3 is 1.54 bits per heavy atom. The second-order valence-corrected chi connectivity index (χ2v) is 5.35. The molecule has 2 aromatic carbocycles. The van der Waals surface area contributed by atoms with Crippen LogP contribution < -0.4 is 0 Å². The summed E-state index contributed by atoms with van der Waals surface area (Å²) in [5.41, 5.74) is -4.60. The summed E-state index contributed by atoms with van der Waals surface area (Å²) in [6.45, 7) is 0. The Kier molecular flexibility index (Phi) is 4.43. The zero-order valence-electron chi connectivity index (χ0n) is 12.9. The smallest absolute Gasteiger partial charge is 0.227 e. The first-order valence-electron chi connectivity index (χ1n) is 7.35. The third-order valence-electron chi connectivity index (χ3n) is 3.54. The Morgan fingerprint density at radius 2 is 1.08 bits per heavy atom. The van der Waals surface area contributed by atoms with Gasteiger partial charge < -0.3 is 0 Å². The molecule has 0 N–H and O–H groups in total. The van der Waals surface area contributed by atoms with E-state index in [-0.39, 0.29) is 11.1 Å². The van der Waals surface area contributed by atoms with Gasteiger partial charge in [0.2, 0.25) is 0 Å². The van der Waals surface area contributed by atoms with Crippen molar-refractivity contribution >= 4 is 0 Å². The summed E-state index contributed by atoms with van der Waals surface area (Å²) in [6.07, 6.45) is -10.6. The predicted octanol–water partition coefficient (Wildman–Crippen LogP) is 5.85. The van der Waals surface area contributed by atoms with E-state index >= 15 is 0 Å². The van der Waals surface area contributed by atoms with Crippen molar-refractivity contribution < 1.29 is 26.3 Å². The Hall–Kier alpha value is -2.90. The molecule has 0 saturated heterocycles. The van der Waals surface area contributed by atoms with Gasteiger partial charge in [0.15, 0.2) is 11.5 Å². The maximum absolute atomic E-state index is 13.5. The van der Waals surface area contributed by atoms with Crippen LogP contribution in [0, 0.1) is 0 Å². The van der Waals surface area contributed by atoms with Crippen LogP contribution in [0.3, 0.4) is 0 Å². The van der Waals surface area contributed by atoms with E-state index in [1.165, 1.54) is 48.5 Å². The number of hydrogen-bond acceptors (Lipinski definition) is 2. The highest BCUT2D eigenvalue weighted by Gasteiger charge is 2.47. The molecule has 0 aliphatic heterocycles. The lowest BCUT2D eigenvalue weighted by Crippen LogP contribution is -2.21. The van der Waals surface area contributed by atoms with Gasteiger partial charge in [-0.3, -0.25) is 0 Å². The highest BCUT2D eigenvalue weighted by atomic mass is 19.4. The lowest BCUT2D eigenvalue weighted by atomic mass is 10.0. The summed E-state index contributed by atoms with van der Waals surface area (Å²) in [6, 6.07) is 14.5. The summed E-state index contributed by atoms with van der Waals surface area (Å²) >= 11 is 0. The molecule has 0 unspecified atom stereocenters. The third kappa shape index (κ3) is 3.54. The van der Waals surface area contributed by atoms with Gasteiger partial charge in [-0.2, -0.15) is 26.3 Å². The van der Waals surface area contributed by atoms with Crippen LogP contribution in [-0.4, -0.2) is 9.97 Å². The molecule has 0 radical (unpaired) electrons. The van der Waals surface area contributed by atoms with Crippen molar-refractivity contribution in [3.05, 3.63) is 71.9 Å². The van der Waals surface area contributed by atoms with E-state index in [9.17, 15) is 26.3 Å². The van der Waals surface area contributed by atoms with E-state index in [2.05, 4.69) is 9.97 Å². The summed E-state index contributed by atoms with van der Waals surface area (Å²) in [7, 11) is 0. The van der Waals surface area contributed by atoms with Crippen LogP contribution >= 0.6 is 0 Å². The minimum atomic E-state index is -5.29. The number of nitrogens with zero attached hydrogens (tertiary/aromatic N) is 2. The van der Waals surface area contributed by atoms with Gasteiger partial charge >= 0.3 is 12.4 Å². The summed E-state index contributed by atoms with van der Waals surface area (Å²) in [4.78, 5) is 7.03. The molecule has 0 saturated carbocycles. The Balaban J connectivity index is 2.40. The molecule has 3 rings (SSSR count). The van der Waals surface area contributed by atoms with Crippen LogP contribution in [0.5, 0.6) is 0 Å². The molecular formula is C18H10F6N2. The first-order valence-corrected chi connectivity index (χ1v) is 7.35. The molecule has 1 heterocycles. The van der Waals surface area contributed by atoms with Gasteiger partial charge in [0.25, 0.3) is 0 Å². The van der Waals surface area contributed by atoms with Gasteiger partial charge in [-0.15, -0.1) is 0 Å². The number of alkyl halides is 6. The number of benzene rings is 2. The Labute approximate surface area is 144 Å². The Bertz CT molecular complexity index is 903. The highest BCUT2D eigenvalue weighted by Crippen LogP contribution is 2.44. The molecule has 26 heavy (non-hydrogen) atoms. The van der Waals surface area contributed by atoms with Crippen LogP contribution in [0.15, 0.2) is 60.7 Å². The molecule has 2 nitrogen and oxygen atoms in total. The zero-order chi connectivity index (χ0) is 18.9. The highest BCUT2D eigenvalue weighted by molar-refractivity contribution is 5.68. The SMILES string of the molecule is FC(F)(F)c1nc(-c2ccccc2)nc(-c2ccccc2)c1C(F)(F)F. The van der Waals surface area contributed by atoms with E-state index in [1.807, 2.05) is 0 Å². The maximum atomic E-state index is 13.5. The van der Waals surface area contributed by atoms with E-state index in [0.29, 0.717) is 0 Å². The third-order valence-corrected chi connectivity index (χ3v) is 3.54. The Morgan fingerprint density at radius 1 is 0.577 bits per heavy atom. The van der Waals surface area contributed by atoms with Crippen molar-refractivity contribution in [3.63, 3.8) is 0 Å².